The molecule has 1 fully saturated rings. The van der Waals surface area contributed by atoms with Gasteiger partial charge in [-0.25, -0.2) is 9.37 Å². The van der Waals surface area contributed by atoms with Crippen molar-refractivity contribution in [3.8, 4) is 10.6 Å². The van der Waals surface area contributed by atoms with E-state index >= 15 is 0 Å². The van der Waals surface area contributed by atoms with E-state index in [9.17, 15) is 14.0 Å². The molecular formula is C17H19FN4O2S. The molecule has 8 heteroatoms. The zero-order valence-electron chi connectivity index (χ0n) is 13.9. The van der Waals surface area contributed by atoms with Crippen LogP contribution in [0.5, 0.6) is 0 Å². The first-order valence-corrected chi connectivity index (χ1v) is 8.89. The van der Waals surface area contributed by atoms with Gasteiger partial charge in [0, 0.05) is 44.2 Å². The van der Waals surface area contributed by atoms with Gasteiger partial charge in [-0.2, -0.15) is 0 Å². The number of likely N-dealkylation sites (N-methyl/N-ethyl adjacent to an activating group) is 1. The summed E-state index contributed by atoms with van der Waals surface area (Å²) in [5.41, 5.74) is 0.741. The summed E-state index contributed by atoms with van der Waals surface area (Å²) >= 11 is 1.26. The van der Waals surface area contributed by atoms with Crippen LogP contribution in [0.1, 0.15) is 10.5 Å². The van der Waals surface area contributed by atoms with E-state index < -0.39 is 0 Å². The van der Waals surface area contributed by atoms with E-state index in [0.717, 1.165) is 0 Å². The third kappa shape index (κ3) is 4.02. The lowest BCUT2D eigenvalue weighted by atomic mass is 10.2. The molecule has 1 N–H and O–H groups in total. The van der Waals surface area contributed by atoms with Crippen LogP contribution in [0.4, 0.5) is 4.39 Å². The first-order chi connectivity index (χ1) is 12.1. The second-order valence-electron chi connectivity index (χ2n) is 5.76. The summed E-state index contributed by atoms with van der Waals surface area (Å²) in [7, 11) is 1.61. The molecule has 1 aliphatic rings. The molecule has 1 saturated heterocycles. The Morgan fingerprint density at radius 1 is 1.24 bits per heavy atom. The van der Waals surface area contributed by atoms with Gasteiger partial charge >= 0.3 is 0 Å². The molecule has 0 unspecified atom stereocenters. The fraction of sp³-hybridized carbons (Fsp3) is 0.353. The van der Waals surface area contributed by atoms with E-state index in [1.165, 1.54) is 17.4 Å². The molecule has 3 rings (SSSR count). The Labute approximate surface area is 149 Å². The molecule has 2 aromatic rings. The first-order valence-electron chi connectivity index (χ1n) is 8.01. The minimum atomic E-state index is -0.348. The van der Waals surface area contributed by atoms with Crippen LogP contribution in [-0.2, 0) is 4.79 Å². The van der Waals surface area contributed by atoms with Crippen LogP contribution in [0.3, 0.4) is 0 Å². The molecular weight excluding hydrogens is 343 g/mol. The van der Waals surface area contributed by atoms with Gasteiger partial charge in [-0.3, -0.25) is 14.5 Å². The van der Waals surface area contributed by atoms with Gasteiger partial charge in [-0.05, 0) is 12.1 Å². The second-order valence-corrected chi connectivity index (χ2v) is 6.62. The van der Waals surface area contributed by atoms with Crippen LogP contribution in [0.25, 0.3) is 10.6 Å². The van der Waals surface area contributed by atoms with Crippen LogP contribution in [0.15, 0.2) is 29.6 Å². The standard InChI is InChI=1S/C17H19FN4O2S/c1-19-15(23)10-21-6-8-22(9-7-21)17(24)14-11-25-16(20-14)12-4-2-3-5-13(12)18/h2-5,11H,6-10H2,1H3,(H,19,23). The van der Waals surface area contributed by atoms with E-state index in [1.54, 1.807) is 35.5 Å². The van der Waals surface area contributed by atoms with Crippen LogP contribution >= 0.6 is 11.3 Å². The monoisotopic (exact) mass is 362 g/mol. The number of thiazole rings is 1. The Balaban J connectivity index is 1.63. The lowest BCUT2D eigenvalue weighted by molar-refractivity contribution is -0.122. The van der Waals surface area contributed by atoms with Gasteiger partial charge in [0.15, 0.2) is 0 Å². The maximum atomic E-state index is 13.8. The summed E-state index contributed by atoms with van der Waals surface area (Å²) < 4.78 is 13.8. The highest BCUT2D eigenvalue weighted by Gasteiger charge is 2.25. The van der Waals surface area contributed by atoms with Crippen molar-refractivity contribution in [2.24, 2.45) is 0 Å². The maximum Gasteiger partial charge on any atom is 0.273 e. The van der Waals surface area contributed by atoms with E-state index in [-0.39, 0.29) is 17.6 Å². The summed E-state index contributed by atoms with van der Waals surface area (Å²) in [5, 5.41) is 4.76. The number of carbonyl (C=O) groups is 2. The van der Waals surface area contributed by atoms with Gasteiger partial charge in [-0.1, -0.05) is 12.1 Å². The van der Waals surface area contributed by atoms with Crippen LogP contribution < -0.4 is 5.32 Å². The second kappa shape index (κ2) is 7.71. The molecule has 1 aromatic carbocycles. The van der Waals surface area contributed by atoms with Crippen molar-refractivity contribution in [3.05, 3.63) is 41.2 Å². The summed E-state index contributed by atoms with van der Waals surface area (Å²) in [6.07, 6.45) is 0. The number of hydrogen-bond donors (Lipinski definition) is 1. The lowest BCUT2D eigenvalue weighted by Gasteiger charge is -2.33. The smallest absolute Gasteiger partial charge is 0.273 e. The molecule has 0 saturated carbocycles. The number of hydrogen-bond acceptors (Lipinski definition) is 5. The van der Waals surface area contributed by atoms with Gasteiger partial charge in [0.25, 0.3) is 5.91 Å². The van der Waals surface area contributed by atoms with Crippen LogP contribution in [0, 0.1) is 5.82 Å². The largest absolute Gasteiger partial charge is 0.358 e. The molecule has 0 spiro atoms. The van der Waals surface area contributed by atoms with Crippen molar-refractivity contribution in [1.29, 1.82) is 0 Å². The van der Waals surface area contributed by atoms with Crippen molar-refractivity contribution in [2.45, 2.75) is 0 Å². The highest BCUT2D eigenvalue weighted by molar-refractivity contribution is 7.13. The Morgan fingerprint density at radius 2 is 1.96 bits per heavy atom. The summed E-state index contributed by atoms with van der Waals surface area (Å²) in [4.78, 5) is 32.0. The normalized spacial score (nSPS) is 15.2. The zero-order valence-corrected chi connectivity index (χ0v) is 14.7. The molecule has 0 atom stereocenters. The van der Waals surface area contributed by atoms with Gasteiger partial charge in [0.05, 0.1) is 6.54 Å². The maximum absolute atomic E-state index is 13.8. The van der Waals surface area contributed by atoms with E-state index in [0.29, 0.717) is 49.0 Å². The highest BCUT2D eigenvalue weighted by Crippen LogP contribution is 2.26. The summed E-state index contributed by atoms with van der Waals surface area (Å²) in [5.74, 6) is -0.536. The first kappa shape index (κ1) is 17.5. The molecule has 6 nitrogen and oxygen atoms in total. The third-order valence-electron chi connectivity index (χ3n) is 4.13. The SMILES string of the molecule is CNC(=O)CN1CCN(C(=O)c2csc(-c3ccccc3F)n2)CC1. The number of nitrogens with one attached hydrogen (secondary N) is 1. The number of benzene rings is 1. The summed E-state index contributed by atoms with van der Waals surface area (Å²) in [6.45, 7) is 2.71. The van der Waals surface area contributed by atoms with Crippen LogP contribution in [0.2, 0.25) is 0 Å². The number of amides is 2. The number of nitrogens with zero attached hydrogens (tertiary/aromatic N) is 3. The molecule has 2 heterocycles. The third-order valence-corrected chi connectivity index (χ3v) is 5.01. The zero-order chi connectivity index (χ0) is 17.8. The van der Waals surface area contributed by atoms with E-state index in [2.05, 4.69) is 10.3 Å². The number of halogens is 1. The molecule has 0 bridgehead atoms. The highest BCUT2D eigenvalue weighted by atomic mass is 32.1. The van der Waals surface area contributed by atoms with Gasteiger partial charge in [-0.15, -0.1) is 11.3 Å². The van der Waals surface area contributed by atoms with Crippen molar-refractivity contribution in [2.75, 3.05) is 39.8 Å². The predicted molar refractivity (Wildman–Crippen MR) is 93.9 cm³/mol. The predicted octanol–water partition coefficient (Wildman–Crippen LogP) is 1.45. The fourth-order valence-corrected chi connectivity index (χ4v) is 3.50. The Morgan fingerprint density at radius 3 is 2.64 bits per heavy atom. The number of carbonyl (C=O) groups excluding carboxylic acids is 2. The molecule has 0 aliphatic carbocycles. The summed E-state index contributed by atoms with van der Waals surface area (Å²) in [6, 6.07) is 6.40. The average molecular weight is 362 g/mol. The minimum Gasteiger partial charge on any atom is -0.358 e. The molecule has 2 amide bonds. The van der Waals surface area contributed by atoms with Crippen molar-refractivity contribution < 1.29 is 14.0 Å². The molecule has 132 valence electrons. The van der Waals surface area contributed by atoms with Crippen LogP contribution in [-0.4, -0.2) is 66.4 Å². The Kier molecular flexibility index (Phi) is 5.40. The molecule has 1 aromatic heterocycles. The Hall–Kier alpha value is -2.32. The molecule has 25 heavy (non-hydrogen) atoms. The fourth-order valence-electron chi connectivity index (χ4n) is 2.68. The van der Waals surface area contributed by atoms with Gasteiger partial charge < -0.3 is 10.2 Å². The van der Waals surface area contributed by atoms with E-state index in [1.807, 2.05) is 4.90 Å². The van der Waals surface area contributed by atoms with Gasteiger partial charge in [0.1, 0.15) is 16.5 Å². The average Bonchev–Trinajstić information content (AvgIpc) is 3.12. The minimum absolute atomic E-state index is 0.0335. The number of piperazine rings is 1. The Bertz CT molecular complexity index is 772. The van der Waals surface area contributed by atoms with Crippen molar-refractivity contribution in [1.82, 2.24) is 20.1 Å². The van der Waals surface area contributed by atoms with E-state index in [4.69, 9.17) is 0 Å². The van der Waals surface area contributed by atoms with Crippen molar-refractivity contribution >= 4 is 23.2 Å². The lowest BCUT2D eigenvalue weighted by Crippen LogP contribution is -2.50. The van der Waals surface area contributed by atoms with Crippen molar-refractivity contribution in [3.63, 3.8) is 0 Å². The number of rotatable bonds is 4. The molecule has 0 radical (unpaired) electrons. The number of aromatic nitrogens is 1. The van der Waals surface area contributed by atoms with Gasteiger partial charge in [0.2, 0.25) is 5.91 Å². The topological polar surface area (TPSA) is 65.5 Å². The molecule has 1 aliphatic heterocycles. The quantitative estimate of drug-likeness (QED) is 0.894.